The summed E-state index contributed by atoms with van der Waals surface area (Å²) in [5.41, 5.74) is -1.50. The molecule has 72 valence electrons. The molecule has 0 spiro atoms. The van der Waals surface area contributed by atoms with Crippen LogP contribution in [0.5, 0.6) is 0 Å². The Morgan fingerprint density at radius 3 is 2.57 bits per heavy atom. The van der Waals surface area contributed by atoms with Gasteiger partial charge in [-0.3, -0.25) is 0 Å². The number of alkyl halides is 2. The molecule has 1 rings (SSSR count). The number of carbonyl (C=O) groups is 1. The van der Waals surface area contributed by atoms with E-state index in [2.05, 4.69) is 0 Å². The molecule has 1 aromatic rings. The summed E-state index contributed by atoms with van der Waals surface area (Å²) in [4.78, 5) is 10.6. The summed E-state index contributed by atoms with van der Waals surface area (Å²) in [5.74, 6) is -1.52. The van der Waals surface area contributed by atoms with E-state index in [9.17, 15) is 13.6 Å². The van der Waals surface area contributed by atoms with Crippen molar-refractivity contribution in [2.45, 2.75) is 6.43 Å². The van der Waals surface area contributed by atoms with Crippen LogP contribution in [-0.2, 0) is 0 Å². The largest absolute Gasteiger partial charge is 0.478 e. The Morgan fingerprint density at radius 1 is 1.50 bits per heavy atom. The number of nitriles is 1. The number of carboxylic acids is 1. The lowest BCUT2D eigenvalue weighted by atomic mass is 10.0. The van der Waals surface area contributed by atoms with E-state index in [4.69, 9.17) is 10.4 Å². The highest BCUT2D eigenvalue weighted by Gasteiger charge is 2.20. The molecule has 1 N–H and O–H groups in total. The van der Waals surface area contributed by atoms with Crippen LogP contribution in [0.1, 0.15) is 27.9 Å². The van der Waals surface area contributed by atoms with Crippen molar-refractivity contribution in [1.29, 1.82) is 5.26 Å². The predicted molar refractivity (Wildman–Crippen MR) is 43.1 cm³/mol. The summed E-state index contributed by atoms with van der Waals surface area (Å²) in [7, 11) is 0. The van der Waals surface area contributed by atoms with Gasteiger partial charge in [0.1, 0.15) is 6.07 Å². The number of nitrogens with zero attached hydrogens (tertiary/aromatic N) is 1. The maximum absolute atomic E-state index is 12.3. The van der Waals surface area contributed by atoms with Gasteiger partial charge < -0.3 is 5.11 Å². The van der Waals surface area contributed by atoms with Crippen molar-refractivity contribution in [2.75, 3.05) is 0 Å². The van der Waals surface area contributed by atoms with Gasteiger partial charge in [0.2, 0.25) is 0 Å². The molecule has 0 aliphatic heterocycles. The Labute approximate surface area is 78.2 Å². The highest BCUT2D eigenvalue weighted by Crippen LogP contribution is 2.25. The van der Waals surface area contributed by atoms with Crippen LogP contribution >= 0.6 is 0 Å². The van der Waals surface area contributed by atoms with Gasteiger partial charge in [-0.1, -0.05) is 12.1 Å². The number of aromatic carboxylic acids is 1. The summed E-state index contributed by atoms with van der Waals surface area (Å²) in [6, 6.07) is 4.97. The van der Waals surface area contributed by atoms with Crippen molar-refractivity contribution in [3.63, 3.8) is 0 Å². The zero-order chi connectivity index (χ0) is 10.7. The quantitative estimate of drug-likeness (QED) is 0.790. The molecule has 0 aliphatic rings. The van der Waals surface area contributed by atoms with Gasteiger partial charge >= 0.3 is 5.97 Å². The monoisotopic (exact) mass is 197 g/mol. The summed E-state index contributed by atoms with van der Waals surface area (Å²) >= 11 is 0. The molecule has 0 saturated carbocycles. The van der Waals surface area contributed by atoms with Gasteiger partial charge in [-0.2, -0.15) is 5.26 Å². The number of hydrogen-bond donors (Lipinski definition) is 1. The molecule has 0 aromatic heterocycles. The molecular weight excluding hydrogens is 192 g/mol. The Morgan fingerprint density at radius 2 is 2.14 bits per heavy atom. The van der Waals surface area contributed by atoms with Crippen LogP contribution in [0, 0.1) is 11.3 Å². The molecule has 3 nitrogen and oxygen atoms in total. The van der Waals surface area contributed by atoms with Gasteiger partial charge in [0.15, 0.2) is 0 Å². The lowest BCUT2D eigenvalue weighted by molar-refractivity contribution is 0.0684. The van der Waals surface area contributed by atoms with Crippen molar-refractivity contribution in [2.24, 2.45) is 0 Å². The SMILES string of the molecule is N#Cc1cccc(C(F)F)c1C(=O)O. The van der Waals surface area contributed by atoms with Crippen molar-refractivity contribution in [3.05, 3.63) is 34.9 Å². The first-order valence-corrected chi connectivity index (χ1v) is 3.62. The topological polar surface area (TPSA) is 61.1 Å². The van der Waals surface area contributed by atoms with Gasteiger partial charge in [-0.05, 0) is 6.07 Å². The smallest absolute Gasteiger partial charge is 0.337 e. The summed E-state index contributed by atoms with van der Waals surface area (Å²) < 4.78 is 24.7. The third kappa shape index (κ3) is 1.69. The maximum Gasteiger partial charge on any atom is 0.337 e. The van der Waals surface area contributed by atoms with Crippen LogP contribution in [0.3, 0.4) is 0 Å². The average molecular weight is 197 g/mol. The highest BCUT2D eigenvalue weighted by atomic mass is 19.3. The second-order valence-corrected chi connectivity index (χ2v) is 2.49. The van der Waals surface area contributed by atoms with E-state index in [-0.39, 0.29) is 5.56 Å². The minimum atomic E-state index is -2.89. The fraction of sp³-hybridized carbons (Fsp3) is 0.111. The first-order valence-electron chi connectivity index (χ1n) is 3.62. The van der Waals surface area contributed by atoms with Gasteiger partial charge in [0, 0.05) is 5.56 Å². The molecule has 0 saturated heterocycles. The van der Waals surface area contributed by atoms with E-state index in [0.29, 0.717) is 0 Å². The molecule has 0 unspecified atom stereocenters. The van der Waals surface area contributed by atoms with Gasteiger partial charge in [-0.25, -0.2) is 13.6 Å². The molecule has 14 heavy (non-hydrogen) atoms. The Balaban J connectivity index is 3.45. The molecule has 0 fully saturated rings. The lowest BCUT2D eigenvalue weighted by Crippen LogP contribution is -2.05. The van der Waals surface area contributed by atoms with Gasteiger partial charge in [-0.15, -0.1) is 0 Å². The Kier molecular flexibility index (Phi) is 2.77. The van der Waals surface area contributed by atoms with Crippen molar-refractivity contribution in [1.82, 2.24) is 0 Å². The van der Waals surface area contributed by atoms with Crippen LogP contribution in [0.4, 0.5) is 8.78 Å². The summed E-state index contributed by atoms with van der Waals surface area (Å²) in [5, 5.41) is 17.2. The van der Waals surface area contributed by atoms with Crippen molar-refractivity contribution < 1.29 is 18.7 Å². The first-order chi connectivity index (χ1) is 6.57. The number of hydrogen-bond acceptors (Lipinski definition) is 2. The zero-order valence-corrected chi connectivity index (χ0v) is 6.87. The zero-order valence-electron chi connectivity index (χ0n) is 6.87. The number of halogens is 2. The van der Waals surface area contributed by atoms with Gasteiger partial charge in [0.05, 0.1) is 11.1 Å². The van der Waals surface area contributed by atoms with E-state index < -0.39 is 23.5 Å². The minimum Gasteiger partial charge on any atom is -0.478 e. The van der Waals surface area contributed by atoms with Crippen LogP contribution in [0.15, 0.2) is 18.2 Å². The molecule has 1 aromatic carbocycles. The van der Waals surface area contributed by atoms with E-state index in [0.717, 1.165) is 6.07 Å². The summed E-state index contributed by atoms with van der Waals surface area (Å²) in [6.07, 6.45) is -2.89. The number of benzene rings is 1. The molecule has 0 amide bonds. The van der Waals surface area contributed by atoms with E-state index in [1.165, 1.54) is 12.1 Å². The van der Waals surface area contributed by atoms with E-state index in [1.807, 2.05) is 0 Å². The predicted octanol–water partition coefficient (Wildman–Crippen LogP) is 2.19. The van der Waals surface area contributed by atoms with E-state index >= 15 is 0 Å². The third-order valence-electron chi connectivity index (χ3n) is 1.67. The summed E-state index contributed by atoms with van der Waals surface area (Å²) in [6.45, 7) is 0. The highest BCUT2D eigenvalue weighted by molar-refractivity contribution is 5.92. The minimum absolute atomic E-state index is 0.254. The van der Waals surface area contributed by atoms with Crippen molar-refractivity contribution >= 4 is 5.97 Å². The first kappa shape index (κ1) is 10.1. The van der Waals surface area contributed by atoms with Crippen LogP contribution in [-0.4, -0.2) is 11.1 Å². The van der Waals surface area contributed by atoms with Crippen LogP contribution < -0.4 is 0 Å². The normalized spacial score (nSPS) is 9.86. The standard InChI is InChI=1S/C9H5F2NO2/c10-8(11)6-3-1-2-5(4-12)7(6)9(13)14/h1-3,8H,(H,13,14). The molecular formula is C9H5F2NO2. The van der Waals surface area contributed by atoms with Gasteiger partial charge in [0.25, 0.3) is 6.43 Å². The lowest BCUT2D eigenvalue weighted by Gasteiger charge is -2.05. The maximum atomic E-state index is 12.3. The molecule has 0 atom stereocenters. The number of carboxylic acid groups (broad SMARTS) is 1. The van der Waals surface area contributed by atoms with Crippen LogP contribution in [0.25, 0.3) is 0 Å². The fourth-order valence-electron chi connectivity index (χ4n) is 1.08. The molecule has 5 heteroatoms. The molecule has 0 heterocycles. The second-order valence-electron chi connectivity index (χ2n) is 2.49. The third-order valence-corrected chi connectivity index (χ3v) is 1.67. The van der Waals surface area contributed by atoms with E-state index in [1.54, 1.807) is 6.07 Å². The number of rotatable bonds is 2. The average Bonchev–Trinajstić information content (AvgIpc) is 2.16. The Bertz CT molecular complexity index is 410. The molecule has 0 bridgehead atoms. The van der Waals surface area contributed by atoms with Crippen molar-refractivity contribution in [3.8, 4) is 6.07 Å². The Hall–Kier alpha value is -1.96. The fourth-order valence-corrected chi connectivity index (χ4v) is 1.08. The second kappa shape index (κ2) is 3.83. The molecule has 0 radical (unpaired) electrons. The van der Waals surface area contributed by atoms with Crippen LogP contribution in [0.2, 0.25) is 0 Å². The molecule has 0 aliphatic carbocycles.